The van der Waals surface area contributed by atoms with Gasteiger partial charge in [0.2, 0.25) is 0 Å². The third kappa shape index (κ3) is 2.83. The van der Waals surface area contributed by atoms with E-state index < -0.39 is 5.97 Å². The highest BCUT2D eigenvalue weighted by Crippen LogP contribution is 2.33. The normalized spacial score (nSPS) is 10.9. The van der Waals surface area contributed by atoms with Crippen LogP contribution in [0.15, 0.2) is 48.5 Å². The monoisotopic (exact) mass is 322 g/mol. The Bertz CT molecular complexity index is 870. The summed E-state index contributed by atoms with van der Waals surface area (Å²) in [7, 11) is 1.38. The molecule has 0 aliphatic carbocycles. The number of hydrogen-bond donors (Lipinski definition) is 1. The number of methoxy groups -OCH3 is 1. The number of ether oxygens (including phenoxy) is 1. The first-order chi connectivity index (χ1) is 11.6. The summed E-state index contributed by atoms with van der Waals surface area (Å²) in [5.74, 6) is -1.16. The topological polar surface area (TPSA) is 63.6 Å². The minimum atomic E-state index is -0.927. The molecule has 3 aromatic carbocycles. The van der Waals surface area contributed by atoms with Crippen LogP contribution in [0.2, 0.25) is 0 Å². The minimum absolute atomic E-state index is 0.231. The zero-order valence-electron chi connectivity index (χ0n) is 13.4. The Morgan fingerprint density at radius 2 is 1.42 bits per heavy atom. The van der Waals surface area contributed by atoms with Crippen molar-refractivity contribution in [2.75, 3.05) is 7.11 Å². The fourth-order valence-electron chi connectivity index (χ4n) is 3.23. The van der Waals surface area contributed by atoms with Crippen molar-refractivity contribution in [3.8, 4) is 0 Å². The van der Waals surface area contributed by atoms with Gasteiger partial charge in [0.05, 0.1) is 12.7 Å². The van der Waals surface area contributed by atoms with E-state index >= 15 is 0 Å². The van der Waals surface area contributed by atoms with E-state index in [4.69, 9.17) is 4.74 Å². The summed E-state index contributed by atoms with van der Waals surface area (Å²) in [5, 5.41) is 13.0. The van der Waals surface area contributed by atoms with Crippen LogP contribution in [-0.2, 0) is 16.0 Å². The molecule has 0 aliphatic heterocycles. The first kappa shape index (κ1) is 16.0. The molecule has 0 radical (unpaired) electrons. The number of hydrogen-bond acceptors (Lipinski definition) is 3. The Morgan fingerprint density at radius 1 is 0.917 bits per heavy atom. The fourth-order valence-corrected chi connectivity index (χ4v) is 3.23. The molecule has 0 spiro atoms. The van der Waals surface area contributed by atoms with Crippen LogP contribution < -0.4 is 0 Å². The van der Waals surface area contributed by atoms with E-state index in [0.29, 0.717) is 24.8 Å². The van der Waals surface area contributed by atoms with Crippen molar-refractivity contribution in [2.45, 2.75) is 19.3 Å². The quantitative estimate of drug-likeness (QED) is 0.565. The van der Waals surface area contributed by atoms with Gasteiger partial charge in [-0.15, -0.1) is 0 Å². The average molecular weight is 322 g/mol. The summed E-state index contributed by atoms with van der Waals surface area (Å²) in [4.78, 5) is 23.2. The number of esters is 1. The highest BCUT2D eigenvalue weighted by Gasteiger charge is 2.17. The molecule has 0 atom stereocenters. The molecule has 0 saturated carbocycles. The van der Waals surface area contributed by atoms with Crippen molar-refractivity contribution in [1.29, 1.82) is 0 Å². The number of carbonyl (C=O) groups is 2. The molecule has 24 heavy (non-hydrogen) atoms. The molecule has 122 valence electrons. The van der Waals surface area contributed by atoms with Crippen LogP contribution in [0.4, 0.5) is 0 Å². The summed E-state index contributed by atoms with van der Waals surface area (Å²) in [6.07, 6.45) is 1.70. The largest absolute Gasteiger partial charge is 0.478 e. The maximum absolute atomic E-state index is 11.8. The smallest absolute Gasteiger partial charge is 0.336 e. The van der Waals surface area contributed by atoms with E-state index in [-0.39, 0.29) is 5.97 Å². The van der Waals surface area contributed by atoms with E-state index in [1.165, 1.54) is 7.11 Å². The van der Waals surface area contributed by atoms with E-state index in [1.54, 1.807) is 0 Å². The maximum Gasteiger partial charge on any atom is 0.336 e. The Kier molecular flexibility index (Phi) is 4.47. The molecule has 0 aliphatic rings. The predicted molar refractivity (Wildman–Crippen MR) is 93.4 cm³/mol. The first-order valence-electron chi connectivity index (χ1n) is 7.86. The van der Waals surface area contributed by atoms with Crippen LogP contribution in [-0.4, -0.2) is 24.2 Å². The van der Waals surface area contributed by atoms with Gasteiger partial charge in [-0.3, -0.25) is 4.79 Å². The zero-order valence-corrected chi connectivity index (χ0v) is 13.4. The van der Waals surface area contributed by atoms with Gasteiger partial charge in [0.1, 0.15) is 0 Å². The van der Waals surface area contributed by atoms with E-state index in [9.17, 15) is 14.7 Å². The SMILES string of the molecule is COC(=O)CCCc1c2ccccc2c(C(=O)O)c2ccccc12. The molecule has 4 nitrogen and oxygen atoms in total. The van der Waals surface area contributed by atoms with Gasteiger partial charge in [0.25, 0.3) is 0 Å². The lowest BCUT2D eigenvalue weighted by atomic mass is 9.89. The third-order valence-electron chi connectivity index (χ3n) is 4.29. The molecule has 3 rings (SSSR count). The summed E-state index contributed by atoms with van der Waals surface area (Å²) < 4.78 is 4.70. The molecule has 0 fully saturated rings. The molecule has 0 saturated heterocycles. The molecule has 0 aromatic heterocycles. The van der Waals surface area contributed by atoms with Crippen molar-refractivity contribution in [3.63, 3.8) is 0 Å². The van der Waals surface area contributed by atoms with Gasteiger partial charge in [-0.1, -0.05) is 48.5 Å². The lowest BCUT2D eigenvalue weighted by Crippen LogP contribution is -2.04. The highest BCUT2D eigenvalue weighted by atomic mass is 16.5. The number of aromatic carboxylic acids is 1. The standard InChI is InChI=1S/C20H18O4/c1-24-18(21)12-6-11-13-14-7-2-4-9-16(14)19(20(22)23)17-10-5-3-8-15(13)17/h2-5,7-10H,6,11-12H2,1H3,(H,22,23). The molecule has 0 bridgehead atoms. The number of fused-ring (bicyclic) bond motifs is 2. The van der Waals surface area contributed by atoms with Gasteiger partial charge >= 0.3 is 11.9 Å². The summed E-state index contributed by atoms with van der Waals surface area (Å²) in [5.41, 5.74) is 1.41. The number of carbonyl (C=O) groups excluding carboxylic acids is 1. The highest BCUT2D eigenvalue weighted by molar-refractivity contribution is 6.17. The van der Waals surface area contributed by atoms with Crippen LogP contribution in [0.25, 0.3) is 21.5 Å². The molecule has 0 amide bonds. The summed E-state index contributed by atoms with van der Waals surface area (Å²) in [6.45, 7) is 0. The van der Waals surface area contributed by atoms with Gasteiger partial charge in [0.15, 0.2) is 0 Å². The predicted octanol–water partition coefficient (Wildman–Crippen LogP) is 4.19. The number of benzene rings is 3. The van der Waals surface area contributed by atoms with Crippen molar-refractivity contribution in [2.24, 2.45) is 0 Å². The van der Waals surface area contributed by atoms with Crippen LogP contribution in [0.3, 0.4) is 0 Å². The Hall–Kier alpha value is -2.88. The maximum atomic E-state index is 11.8. The number of carboxylic acids is 1. The lowest BCUT2D eigenvalue weighted by molar-refractivity contribution is -0.140. The van der Waals surface area contributed by atoms with Gasteiger partial charge in [-0.25, -0.2) is 4.79 Å². The summed E-state index contributed by atoms with van der Waals surface area (Å²) >= 11 is 0. The van der Waals surface area contributed by atoms with Gasteiger partial charge in [0, 0.05) is 6.42 Å². The summed E-state index contributed by atoms with van der Waals surface area (Å²) in [6, 6.07) is 15.1. The Balaban J connectivity index is 2.21. The molecule has 0 unspecified atom stereocenters. The zero-order chi connectivity index (χ0) is 17.1. The molecule has 3 aromatic rings. The molecular formula is C20H18O4. The Morgan fingerprint density at radius 3 is 1.88 bits per heavy atom. The van der Waals surface area contributed by atoms with Gasteiger partial charge in [-0.2, -0.15) is 0 Å². The van der Waals surface area contributed by atoms with Crippen molar-refractivity contribution in [3.05, 3.63) is 59.7 Å². The van der Waals surface area contributed by atoms with E-state index in [2.05, 4.69) is 0 Å². The van der Waals surface area contributed by atoms with Gasteiger partial charge in [-0.05, 0) is 39.9 Å². The fraction of sp³-hybridized carbons (Fsp3) is 0.200. The van der Waals surface area contributed by atoms with Crippen LogP contribution >= 0.6 is 0 Å². The molecular weight excluding hydrogens is 304 g/mol. The van der Waals surface area contributed by atoms with Crippen LogP contribution in [0.5, 0.6) is 0 Å². The second kappa shape index (κ2) is 6.71. The van der Waals surface area contributed by atoms with Crippen LogP contribution in [0.1, 0.15) is 28.8 Å². The minimum Gasteiger partial charge on any atom is -0.478 e. The van der Waals surface area contributed by atoms with Gasteiger partial charge < -0.3 is 9.84 Å². The second-order valence-electron chi connectivity index (χ2n) is 5.68. The third-order valence-corrected chi connectivity index (χ3v) is 4.29. The van der Waals surface area contributed by atoms with Crippen LogP contribution in [0, 0.1) is 0 Å². The van der Waals surface area contributed by atoms with Crippen molar-refractivity contribution in [1.82, 2.24) is 0 Å². The van der Waals surface area contributed by atoms with Crippen molar-refractivity contribution >= 4 is 33.5 Å². The molecule has 4 heteroatoms. The Labute approximate surface area is 139 Å². The number of carboxylic acid groups (broad SMARTS) is 1. The lowest BCUT2D eigenvalue weighted by Gasteiger charge is -2.14. The van der Waals surface area contributed by atoms with E-state index in [1.807, 2.05) is 48.5 Å². The van der Waals surface area contributed by atoms with E-state index in [0.717, 1.165) is 27.1 Å². The number of aryl methyl sites for hydroxylation is 1. The first-order valence-corrected chi connectivity index (χ1v) is 7.86. The second-order valence-corrected chi connectivity index (χ2v) is 5.68. The molecule has 1 N–H and O–H groups in total. The number of rotatable bonds is 5. The average Bonchev–Trinajstić information content (AvgIpc) is 2.60. The van der Waals surface area contributed by atoms with Crippen molar-refractivity contribution < 1.29 is 19.4 Å². The molecule has 0 heterocycles.